The lowest BCUT2D eigenvalue weighted by molar-refractivity contribution is 0.421. The molecule has 0 saturated heterocycles. The van der Waals surface area contributed by atoms with Crippen LogP contribution in [0, 0.1) is 5.82 Å². The molecule has 0 atom stereocenters. The number of hydrogen-bond acceptors (Lipinski definition) is 2. The molecule has 0 saturated carbocycles. The van der Waals surface area contributed by atoms with Gasteiger partial charge in [0.2, 0.25) is 0 Å². The summed E-state index contributed by atoms with van der Waals surface area (Å²) in [6.07, 6.45) is 1.90. The highest BCUT2D eigenvalue weighted by Crippen LogP contribution is 2.24. The Balaban J connectivity index is 2.81. The molecule has 0 aliphatic heterocycles. The lowest BCUT2D eigenvalue weighted by atomic mass is 10.1. The van der Waals surface area contributed by atoms with Crippen LogP contribution in [0.3, 0.4) is 0 Å². The Kier molecular flexibility index (Phi) is 4.17. The van der Waals surface area contributed by atoms with Crippen LogP contribution in [0.5, 0.6) is 0 Å². The van der Waals surface area contributed by atoms with Crippen LogP contribution in [0.25, 0.3) is 0 Å². The lowest BCUT2D eigenvalue weighted by Gasteiger charge is -2.21. The third-order valence-electron chi connectivity index (χ3n) is 2.06. The van der Waals surface area contributed by atoms with Gasteiger partial charge >= 0.3 is 0 Å². The topological polar surface area (TPSA) is 12.0 Å². The first kappa shape index (κ1) is 12.5. The zero-order valence-corrected chi connectivity index (χ0v) is 10.5. The van der Waals surface area contributed by atoms with Crippen molar-refractivity contribution in [2.24, 2.45) is 0 Å². The fourth-order valence-corrected chi connectivity index (χ4v) is 1.95. The summed E-state index contributed by atoms with van der Waals surface area (Å²) in [6.45, 7) is 7.01. The van der Waals surface area contributed by atoms with Crippen molar-refractivity contribution in [3.63, 3.8) is 0 Å². The summed E-state index contributed by atoms with van der Waals surface area (Å²) in [6, 6.07) is 5.23. The van der Waals surface area contributed by atoms with E-state index < -0.39 is 0 Å². The zero-order valence-electron chi connectivity index (χ0n) is 9.73. The van der Waals surface area contributed by atoms with Crippen LogP contribution < -0.4 is 5.32 Å². The highest BCUT2D eigenvalue weighted by molar-refractivity contribution is 7.98. The van der Waals surface area contributed by atoms with Crippen molar-refractivity contribution in [1.82, 2.24) is 5.32 Å². The van der Waals surface area contributed by atoms with Gasteiger partial charge in [-0.3, -0.25) is 0 Å². The van der Waals surface area contributed by atoms with Crippen LogP contribution in [0.2, 0.25) is 0 Å². The number of thioether (sulfide) groups is 1. The van der Waals surface area contributed by atoms with Gasteiger partial charge in [0.25, 0.3) is 0 Å². The van der Waals surface area contributed by atoms with Gasteiger partial charge in [0.05, 0.1) is 0 Å². The normalized spacial score (nSPS) is 11.8. The van der Waals surface area contributed by atoms with Crippen molar-refractivity contribution in [3.8, 4) is 0 Å². The Bertz CT molecular complexity index is 331. The molecule has 0 spiro atoms. The lowest BCUT2D eigenvalue weighted by Crippen LogP contribution is -2.35. The van der Waals surface area contributed by atoms with Crippen LogP contribution in [-0.2, 0) is 6.54 Å². The second-order valence-electron chi connectivity index (χ2n) is 4.54. The number of halogens is 1. The van der Waals surface area contributed by atoms with Gasteiger partial charge in [-0.2, -0.15) is 0 Å². The van der Waals surface area contributed by atoms with E-state index in [4.69, 9.17) is 0 Å². The van der Waals surface area contributed by atoms with E-state index in [1.807, 2.05) is 12.3 Å². The van der Waals surface area contributed by atoms with Crippen molar-refractivity contribution in [3.05, 3.63) is 29.6 Å². The first-order valence-corrected chi connectivity index (χ1v) is 6.23. The maximum absolute atomic E-state index is 13.4. The molecule has 0 fully saturated rings. The van der Waals surface area contributed by atoms with Crippen molar-refractivity contribution >= 4 is 11.8 Å². The molecule has 84 valence electrons. The van der Waals surface area contributed by atoms with Gasteiger partial charge in [-0.15, -0.1) is 11.8 Å². The Morgan fingerprint density at radius 2 is 2.00 bits per heavy atom. The monoisotopic (exact) mass is 227 g/mol. The summed E-state index contributed by atoms with van der Waals surface area (Å²) >= 11 is 1.46. The molecule has 0 aliphatic carbocycles. The average Bonchev–Trinajstić information content (AvgIpc) is 2.13. The van der Waals surface area contributed by atoms with Gasteiger partial charge in [-0.25, -0.2) is 4.39 Å². The second kappa shape index (κ2) is 4.99. The number of nitrogens with one attached hydrogen (secondary N) is 1. The highest BCUT2D eigenvalue weighted by atomic mass is 32.2. The summed E-state index contributed by atoms with van der Waals surface area (Å²) in [4.78, 5) is 0.745. The van der Waals surface area contributed by atoms with Gasteiger partial charge in [-0.05, 0) is 38.7 Å². The molecule has 0 aromatic heterocycles. The third-order valence-corrected chi connectivity index (χ3v) is 2.93. The van der Waals surface area contributed by atoms with Crippen molar-refractivity contribution in [2.75, 3.05) is 6.26 Å². The molecular weight excluding hydrogens is 209 g/mol. The quantitative estimate of drug-likeness (QED) is 0.794. The fraction of sp³-hybridized carbons (Fsp3) is 0.500. The molecule has 0 unspecified atom stereocenters. The van der Waals surface area contributed by atoms with E-state index in [-0.39, 0.29) is 11.4 Å². The smallest absolute Gasteiger partial charge is 0.137 e. The standard InChI is InChI=1S/C12H18FNS/c1-12(2,3)14-8-9-6-5-7-10(13)11(9)15-4/h5-7,14H,8H2,1-4H3. The van der Waals surface area contributed by atoms with Crippen LogP contribution >= 0.6 is 11.8 Å². The molecule has 0 aliphatic rings. The molecule has 1 aromatic carbocycles. The molecule has 15 heavy (non-hydrogen) atoms. The molecule has 0 heterocycles. The van der Waals surface area contributed by atoms with Gasteiger partial charge < -0.3 is 5.32 Å². The van der Waals surface area contributed by atoms with Gasteiger partial charge in [0.1, 0.15) is 5.82 Å². The maximum atomic E-state index is 13.4. The highest BCUT2D eigenvalue weighted by Gasteiger charge is 2.11. The summed E-state index contributed by atoms with van der Waals surface area (Å²) in [5.74, 6) is -0.129. The van der Waals surface area contributed by atoms with E-state index in [0.717, 1.165) is 10.5 Å². The summed E-state index contributed by atoms with van der Waals surface area (Å²) in [5, 5.41) is 3.36. The molecule has 1 N–H and O–H groups in total. The minimum absolute atomic E-state index is 0.0575. The molecule has 1 nitrogen and oxygen atoms in total. The molecule has 0 radical (unpaired) electrons. The van der Waals surface area contributed by atoms with E-state index >= 15 is 0 Å². The molecule has 1 aromatic rings. The minimum atomic E-state index is -0.129. The predicted molar refractivity (Wildman–Crippen MR) is 64.8 cm³/mol. The SMILES string of the molecule is CSc1c(F)cccc1CNC(C)(C)C. The Morgan fingerprint density at radius 3 is 2.53 bits per heavy atom. The zero-order chi connectivity index (χ0) is 11.5. The number of hydrogen-bond donors (Lipinski definition) is 1. The van der Waals surface area contributed by atoms with E-state index in [1.165, 1.54) is 17.8 Å². The van der Waals surface area contributed by atoms with Crippen molar-refractivity contribution in [1.29, 1.82) is 0 Å². The molecule has 3 heteroatoms. The van der Waals surface area contributed by atoms with Crippen LogP contribution in [0.1, 0.15) is 26.3 Å². The Morgan fingerprint density at radius 1 is 1.33 bits per heavy atom. The first-order chi connectivity index (χ1) is 6.94. The van der Waals surface area contributed by atoms with Crippen LogP contribution in [-0.4, -0.2) is 11.8 Å². The van der Waals surface area contributed by atoms with E-state index in [9.17, 15) is 4.39 Å². The summed E-state index contributed by atoms with van der Waals surface area (Å²) in [7, 11) is 0. The van der Waals surface area contributed by atoms with Gasteiger partial charge in [0.15, 0.2) is 0 Å². The van der Waals surface area contributed by atoms with E-state index in [2.05, 4.69) is 26.1 Å². The third kappa shape index (κ3) is 3.84. The number of rotatable bonds is 3. The Labute approximate surface area is 95.5 Å². The first-order valence-electron chi connectivity index (χ1n) is 5.00. The predicted octanol–water partition coefficient (Wildman–Crippen LogP) is 3.44. The second-order valence-corrected chi connectivity index (χ2v) is 5.35. The van der Waals surface area contributed by atoms with Crippen LogP contribution in [0.4, 0.5) is 4.39 Å². The van der Waals surface area contributed by atoms with Crippen molar-refractivity contribution < 1.29 is 4.39 Å². The largest absolute Gasteiger partial charge is 0.308 e. The Hall–Kier alpha value is -0.540. The van der Waals surface area contributed by atoms with E-state index in [1.54, 1.807) is 6.07 Å². The van der Waals surface area contributed by atoms with Crippen molar-refractivity contribution in [2.45, 2.75) is 37.8 Å². The van der Waals surface area contributed by atoms with Crippen LogP contribution in [0.15, 0.2) is 23.1 Å². The summed E-state index contributed by atoms with van der Waals surface area (Å²) < 4.78 is 13.4. The molecule has 1 rings (SSSR count). The average molecular weight is 227 g/mol. The summed E-state index contributed by atoms with van der Waals surface area (Å²) in [5.41, 5.74) is 1.08. The van der Waals surface area contributed by atoms with Gasteiger partial charge in [-0.1, -0.05) is 12.1 Å². The van der Waals surface area contributed by atoms with Gasteiger partial charge in [0, 0.05) is 17.0 Å². The molecule has 0 bridgehead atoms. The maximum Gasteiger partial charge on any atom is 0.137 e. The molecular formula is C12H18FNS. The number of benzene rings is 1. The van der Waals surface area contributed by atoms with E-state index in [0.29, 0.717) is 6.54 Å². The molecule has 0 amide bonds. The minimum Gasteiger partial charge on any atom is -0.308 e. The fourth-order valence-electron chi connectivity index (χ4n) is 1.28.